The zero-order chi connectivity index (χ0) is 23.7. The summed E-state index contributed by atoms with van der Waals surface area (Å²) >= 11 is 0. The molecule has 1 N–H and O–H groups in total. The number of carbonyl (C=O) groups is 1. The molecule has 0 aliphatic carbocycles. The van der Waals surface area contributed by atoms with Gasteiger partial charge in [0.1, 0.15) is 5.52 Å². The molecule has 3 aromatic rings. The smallest absolute Gasteiger partial charge is 0.257 e. The van der Waals surface area contributed by atoms with Gasteiger partial charge in [0, 0.05) is 50.5 Å². The Morgan fingerprint density at radius 1 is 1.00 bits per heavy atom. The number of hydrogen-bond acceptors (Lipinski definition) is 7. The van der Waals surface area contributed by atoms with Crippen molar-refractivity contribution in [3.63, 3.8) is 0 Å². The van der Waals surface area contributed by atoms with E-state index in [4.69, 9.17) is 9.15 Å². The third kappa shape index (κ3) is 4.53. The second-order valence-corrected chi connectivity index (χ2v) is 10.6. The van der Waals surface area contributed by atoms with Crippen LogP contribution in [-0.2, 0) is 14.8 Å². The molecule has 0 spiro atoms. The second-order valence-electron chi connectivity index (χ2n) is 8.61. The number of aromatic nitrogens is 1. The van der Waals surface area contributed by atoms with Gasteiger partial charge in [0.25, 0.3) is 5.91 Å². The van der Waals surface area contributed by atoms with Gasteiger partial charge in [-0.05, 0) is 49.6 Å². The maximum atomic E-state index is 13.5. The van der Waals surface area contributed by atoms with Crippen LogP contribution < -0.4 is 10.2 Å². The Morgan fingerprint density at radius 2 is 1.76 bits per heavy atom. The average molecular weight is 485 g/mol. The normalized spacial score (nSPS) is 17.7. The fraction of sp³-hybridized carbons (Fsp3) is 0.417. The number of nitrogens with one attached hydrogen (secondary N) is 1. The van der Waals surface area contributed by atoms with Crippen molar-refractivity contribution in [1.29, 1.82) is 0 Å². The van der Waals surface area contributed by atoms with Crippen molar-refractivity contribution in [2.45, 2.75) is 31.1 Å². The quantitative estimate of drug-likeness (QED) is 0.592. The van der Waals surface area contributed by atoms with Gasteiger partial charge in [-0.2, -0.15) is 4.31 Å². The molecule has 1 amide bonds. The SMILES string of the molecule is Cc1nc2ccc(NC(=O)c3cc(S(=O)(=O)N4CCOCC4)ccc3N3CCCCC3)cc2o1. The Balaban J connectivity index is 1.50. The minimum absolute atomic E-state index is 0.113. The number of ether oxygens (including phenoxy) is 1. The fourth-order valence-corrected chi connectivity index (χ4v) is 5.95. The number of hydrogen-bond donors (Lipinski definition) is 1. The van der Waals surface area contributed by atoms with Gasteiger partial charge >= 0.3 is 0 Å². The Labute approximate surface area is 198 Å². The largest absolute Gasteiger partial charge is 0.441 e. The molecule has 3 heterocycles. The van der Waals surface area contributed by atoms with Gasteiger partial charge in [0.15, 0.2) is 11.5 Å². The number of piperidine rings is 1. The lowest BCUT2D eigenvalue weighted by Gasteiger charge is -2.31. The standard InChI is InChI=1S/C24H28N4O5S/c1-17-25-21-7-5-18(15-23(21)33-17)26-24(29)20-16-19(34(30,31)28-11-13-32-14-12-28)6-8-22(20)27-9-3-2-4-10-27/h5-8,15-16H,2-4,9-14H2,1H3,(H,26,29). The summed E-state index contributed by atoms with van der Waals surface area (Å²) in [6.45, 7) is 4.76. The van der Waals surface area contributed by atoms with Crippen molar-refractivity contribution in [2.24, 2.45) is 0 Å². The molecule has 34 heavy (non-hydrogen) atoms. The zero-order valence-electron chi connectivity index (χ0n) is 19.1. The topological polar surface area (TPSA) is 105 Å². The van der Waals surface area contributed by atoms with Crippen LogP contribution in [0.25, 0.3) is 11.1 Å². The van der Waals surface area contributed by atoms with E-state index in [0.717, 1.165) is 38.0 Å². The van der Waals surface area contributed by atoms with E-state index in [1.54, 1.807) is 37.3 Å². The van der Waals surface area contributed by atoms with Crippen LogP contribution in [0.4, 0.5) is 11.4 Å². The molecule has 5 rings (SSSR count). The molecule has 2 fully saturated rings. The Bertz CT molecular complexity index is 1310. The number of carbonyl (C=O) groups excluding carboxylic acids is 1. The Morgan fingerprint density at radius 3 is 2.53 bits per heavy atom. The monoisotopic (exact) mass is 484 g/mol. The van der Waals surface area contributed by atoms with E-state index in [0.29, 0.717) is 54.5 Å². The highest BCUT2D eigenvalue weighted by molar-refractivity contribution is 7.89. The lowest BCUT2D eigenvalue weighted by Crippen LogP contribution is -2.40. The lowest BCUT2D eigenvalue weighted by molar-refractivity contribution is 0.0730. The van der Waals surface area contributed by atoms with E-state index in [-0.39, 0.29) is 10.8 Å². The number of morpholine rings is 1. The molecule has 0 bridgehead atoms. The summed E-state index contributed by atoms with van der Waals surface area (Å²) in [5, 5.41) is 2.92. The van der Waals surface area contributed by atoms with Gasteiger partial charge in [-0.25, -0.2) is 13.4 Å². The molecule has 2 aliphatic heterocycles. The number of sulfonamides is 1. The molecule has 2 saturated heterocycles. The number of nitrogens with zero attached hydrogens (tertiary/aromatic N) is 3. The van der Waals surface area contributed by atoms with Crippen LogP contribution in [0, 0.1) is 6.92 Å². The summed E-state index contributed by atoms with van der Waals surface area (Å²) in [6.07, 6.45) is 3.23. The molecule has 2 aliphatic rings. The Hall–Kier alpha value is -2.95. The van der Waals surface area contributed by atoms with Gasteiger partial charge < -0.3 is 19.4 Å². The van der Waals surface area contributed by atoms with Crippen LogP contribution >= 0.6 is 0 Å². The minimum Gasteiger partial charge on any atom is -0.441 e. The average Bonchev–Trinajstić information content (AvgIpc) is 3.24. The van der Waals surface area contributed by atoms with E-state index in [1.807, 2.05) is 0 Å². The van der Waals surface area contributed by atoms with E-state index in [1.165, 1.54) is 10.4 Å². The van der Waals surface area contributed by atoms with Crippen LogP contribution in [-0.4, -0.2) is 63.0 Å². The van der Waals surface area contributed by atoms with Gasteiger partial charge in [-0.15, -0.1) is 0 Å². The number of rotatable bonds is 5. The number of amides is 1. The summed E-state index contributed by atoms with van der Waals surface area (Å²) < 4.78 is 38.8. The summed E-state index contributed by atoms with van der Waals surface area (Å²) in [4.78, 5) is 20.0. The summed E-state index contributed by atoms with van der Waals surface area (Å²) in [5.74, 6) is 0.182. The van der Waals surface area contributed by atoms with Crippen LogP contribution in [0.5, 0.6) is 0 Å². The highest BCUT2D eigenvalue weighted by Gasteiger charge is 2.29. The molecule has 180 valence electrons. The predicted octanol–water partition coefficient (Wildman–Crippen LogP) is 3.40. The molecule has 0 unspecified atom stereocenters. The first-order valence-corrected chi connectivity index (χ1v) is 13.0. The van der Waals surface area contributed by atoms with Crippen LogP contribution in [0.15, 0.2) is 45.7 Å². The summed E-state index contributed by atoms with van der Waals surface area (Å²) in [5.41, 5.74) is 2.93. The minimum atomic E-state index is -3.73. The zero-order valence-corrected chi connectivity index (χ0v) is 19.9. The second kappa shape index (κ2) is 9.36. The van der Waals surface area contributed by atoms with E-state index < -0.39 is 10.0 Å². The van der Waals surface area contributed by atoms with E-state index in [2.05, 4.69) is 15.2 Å². The molecular weight excluding hydrogens is 456 g/mol. The number of aryl methyl sites for hydroxylation is 1. The number of oxazole rings is 1. The van der Waals surface area contributed by atoms with Gasteiger partial charge in [0.05, 0.1) is 23.7 Å². The van der Waals surface area contributed by atoms with Crippen LogP contribution in [0.2, 0.25) is 0 Å². The molecular formula is C24H28N4O5S. The van der Waals surface area contributed by atoms with E-state index >= 15 is 0 Å². The third-order valence-corrected chi connectivity index (χ3v) is 8.17. The first-order chi connectivity index (χ1) is 16.4. The number of anilines is 2. The van der Waals surface area contributed by atoms with Crippen molar-refractivity contribution in [2.75, 3.05) is 49.6 Å². The summed E-state index contributed by atoms with van der Waals surface area (Å²) in [7, 11) is -3.73. The molecule has 2 aromatic carbocycles. The van der Waals surface area contributed by atoms with Crippen molar-refractivity contribution < 1.29 is 22.4 Å². The van der Waals surface area contributed by atoms with Crippen molar-refractivity contribution >= 4 is 38.4 Å². The molecule has 0 saturated carbocycles. The van der Waals surface area contributed by atoms with E-state index in [9.17, 15) is 13.2 Å². The first kappa shape index (κ1) is 22.8. The van der Waals surface area contributed by atoms with Crippen LogP contribution in [0.1, 0.15) is 35.5 Å². The number of benzene rings is 2. The molecule has 1 aromatic heterocycles. The maximum Gasteiger partial charge on any atom is 0.257 e. The molecule has 0 radical (unpaired) electrons. The van der Waals surface area contributed by atoms with Gasteiger partial charge in [0.2, 0.25) is 10.0 Å². The Kier molecular flexibility index (Phi) is 6.28. The lowest BCUT2D eigenvalue weighted by atomic mass is 10.1. The number of fused-ring (bicyclic) bond motifs is 1. The van der Waals surface area contributed by atoms with Gasteiger partial charge in [-0.3, -0.25) is 4.79 Å². The van der Waals surface area contributed by atoms with Gasteiger partial charge in [-0.1, -0.05) is 0 Å². The van der Waals surface area contributed by atoms with Crippen molar-refractivity contribution in [3.05, 3.63) is 47.9 Å². The van der Waals surface area contributed by atoms with Crippen molar-refractivity contribution in [3.8, 4) is 0 Å². The van der Waals surface area contributed by atoms with Crippen molar-refractivity contribution in [1.82, 2.24) is 9.29 Å². The maximum absolute atomic E-state index is 13.5. The third-order valence-electron chi connectivity index (χ3n) is 6.27. The fourth-order valence-electron chi connectivity index (χ4n) is 4.52. The highest BCUT2D eigenvalue weighted by atomic mass is 32.2. The molecule has 9 nitrogen and oxygen atoms in total. The summed E-state index contributed by atoms with van der Waals surface area (Å²) in [6, 6.07) is 10.1. The highest BCUT2D eigenvalue weighted by Crippen LogP contribution is 2.30. The van der Waals surface area contributed by atoms with Crippen LogP contribution in [0.3, 0.4) is 0 Å². The molecule has 10 heteroatoms. The molecule has 0 atom stereocenters. The predicted molar refractivity (Wildman–Crippen MR) is 129 cm³/mol. The first-order valence-electron chi connectivity index (χ1n) is 11.6.